The number of sulfonamides is 1. The second-order valence-corrected chi connectivity index (χ2v) is 8.92. The van der Waals surface area contributed by atoms with Crippen LogP contribution in [0.25, 0.3) is 0 Å². The summed E-state index contributed by atoms with van der Waals surface area (Å²) >= 11 is 0. The monoisotopic (exact) mass is 396 g/mol. The third-order valence-electron chi connectivity index (χ3n) is 4.94. The molecule has 0 saturated heterocycles. The van der Waals surface area contributed by atoms with E-state index in [1.54, 1.807) is 36.4 Å². The molecule has 3 aromatic rings. The zero-order valence-corrected chi connectivity index (χ0v) is 16.7. The molecule has 0 saturated carbocycles. The number of nitrogens with zero attached hydrogens (tertiary/aromatic N) is 3. The lowest BCUT2D eigenvalue weighted by Crippen LogP contribution is -2.18. The topological polar surface area (TPSA) is 67.2 Å². The van der Waals surface area contributed by atoms with E-state index in [1.807, 2.05) is 24.4 Å². The van der Waals surface area contributed by atoms with Gasteiger partial charge in [-0.05, 0) is 49.7 Å². The normalized spacial score (nSPS) is 13.6. The fraction of sp³-hybridized carbons (Fsp3) is 0.286. The van der Waals surface area contributed by atoms with Crippen molar-refractivity contribution in [3.8, 4) is 0 Å². The van der Waals surface area contributed by atoms with Crippen LogP contribution in [0.4, 0.5) is 5.69 Å². The van der Waals surface area contributed by atoms with Crippen molar-refractivity contribution in [2.24, 2.45) is 0 Å². The first kappa shape index (κ1) is 18.7. The first-order valence-electron chi connectivity index (χ1n) is 9.40. The van der Waals surface area contributed by atoms with Gasteiger partial charge in [-0.3, -0.25) is 14.3 Å². The molecule has 1 aliphatic heterocycles. The molecule has 2 aromatic carbocycles. The highest BCUT2D eigenvalue weighted by molar-refractivity contribution is 7.92. The molecule has 0 radical (unpaired) electrons. The molecule has 1 aromatic heterocycles. The molecule has 6 nitrogen and oxygen atoms in total. The van der Waals surface area contributed by atoms with Gasteiger partial charge in [0.25, 0.3) is 10.0 Å². The van der Waals surface area contributed by atoms with Gasteiger partial charge in [-0.25, -0.2) is 8.42 Å². The second kappa shape index (κ2) is 7.77. The quantitative estimate of drug-likeness (QED) is 0.666. The van der Waals surface area contributed by atoms with Crippen LogP contribution in [0.5, 0.6) is 0 Å². The zero-order chi connectivity index (χ0) is 19.6. The molecular formula is C21H24N4O2S. The largest absolute Gasteiger partial charge is 0.298 e. The van der Waals surface area contributed by atoms with Crippen LogP contribution in [0.1, 0.15) is 23.2 Å². The van der Waals surface area contributed by atoms with Gasteiger partial charge in [0.15, 0.2) is 0 Å². The van der Waals surface area contributed by atoms with Crippen LogP contribution < -0.4 is 4.72 Å². The van der Waals surface area contributed by atoms with E-state index in [-0.39, 0.29) is 4.90 Å². The number of hydrogen-bond acceptors (Lipinski definition) is 4. The fourth-order valence-corrected chi connectivity index (χ4v) is 4.74. The highest BCUT2D eigenvalue weighted by Gasteiger charge is 2.17. The van der Waals surface area contributed by atoms with Crippen molar-refractivity contribution in [1.29, 1.82) is 0 Å². The second-order valence-electron chi connectivity index (χ2n) is 7.23. The van der Waals surface area contributed by atoms with Crippen molar-refractivity contribution < 1.29 is 8.42 Å². The molecule has 7 heteroatoms. The number of aryl methyl sites for hydroxylation is 1. The van der Waals surface area contributed by atoms with Gasteiger partial charge in [0, 0.05) is 36.6 Å². The maximum atomic E-state index is 12.5. The Hall–Kier alpha value is -2.64. The Kier molecular flexibility index (Phi) is 5.19. The van der Waals surface area contributed by atoms with Crippen LogP contribution in [0, 0.1) is 0 Å². The molecular weight excluding hydrogens is 372 g/mol. The van der Waals surface area contributed by atoms with Crippen molar-refractivity contribution >= 4 is 15.7 Å². The van der Waals surface area contributed by atoms with E-state index in [4.69, 9.17) is 0 Å². The van der Waals surface area contributed by atoms with E-state index in [2.05, 4.69) is 26.5 Å². The summed E-state index contributed by atoms with van der Waals surface area (Å²) in [6, 6.07) is 16.0. The average molecular weight is 397 g/mol. The fourth-order valence-electron chi connectivity index (χ4n) is 3.67. The number of hydrogen-bond donors (Lipinski definition) is 1. The van der Waals surface area contributed by atoms with Gasteiger partial charge in [0.2, 0.25) is 0 Å². The van der Waals surface area contributed by atoms with Crippen molar-refractivity contribution in [2.45, 2.75) is 37.4 Å². The molecule has 2 heterocycles. The number of benzene rings is 2. The molecule has 0 spiro atoms. The molecule has 0 fully saturated rings. The Morgan fingerprint density at radius 1 is 1.11 bits per heavy atom. The van der Waals surface area contributed by atoms with E-state index >= 15 is 0 Å². The molecule has 0 amide bonds. The van der Waals surface area contributed by atoms with Crippen LogP contribution in [0.3, 0.4) is 0 Å². The van der Waals surface area contributed by atoms with Gasteiger partial charge in [-0.1, -0.05) is 30.3 Å². The molecule has 1 aliphatic rings. The molecule has 0 unspecified atom stereocenters. The number of aromatic nitrogens is 2. The first-order chi connectivity index (χ1) is 13.5. The Labute approximate surface area is 165 Å². The van der Waals surface area contributed by atoms with Crippen LogP contribution in [0.15, 0.2) is 65.7 Å². The molecule has 146 valence electrons. The molecule has 0 bridgehead atoms. The van der Waals surface area contributed by atoms with Crippen molar-refractivity contribution in [3.05, 3.63) is 77.6 Å². The summed E-state index contributed by atoms with van der Waals surface area (Å²) in [7, 11) is -1.51. The third kappa shape index (κ3) is 4.10. The smallest absolute Gasteiger partial charge is 0.261 e. The van der Waals surface area contributed by atoms with Gasteiger partial charge in [-0.2, -0.15) is 5.10 Å². The number of rotatable bonds is 7. The van der Waals surface area contributed by atoms with E-state index in [9.17, 15) is 8.42 Å². The van der Waals surface area contributed by atoms with E-state index in [1.165, 1.54) is 17.7 Å². The van der Waals surface area contributed by atoms with Crippen molar-refractivity contribution in [3.63, 3.8) is 0 Å². The number of fused-ring (bicyclic) bond motifs is 1. The Morgan fingerprint density at radius 3 is 2.75 bits per heavy atom. The summed E-state index contributed by atoms with van der Waals surface area (Å²) < 4.78 is 29.8. The molecule has 4 rings (SSSR count). The predicted molar refractivity (Wildman–Crippen MR) is 109 cm³/mol. The summed E-state index contributed by atoms with van der Waals surface area (Å²) in [5.74, 6) is 0. The highest BCUT2D eigenvalue weighted by Crippen LogP contribution is 2.21. The molecule has 0 atom stereocenters. The Morgan fingerprint density at radius 2 is 1.93 bits per heavy atom. The lowest BCUT2D eigenvalue weighted by atomic mass is 10.1. The first-order valence-corrected chi connectivity index (χ1v) is 10.9. The Balaban J connectivity index is 1.43. The zero-order valence-electron chi connectivity index (χ0n) is 15.9. The Bertz CT molecular complexity index is 1060. The van der Waals surface area contributed by atoms with E-state index < -0.39 is 10.0 Å². The minimum absolute atomic E-state index is 0.257. The van der Waals surface area contributed by atoms with E-state index in [0.717, 1.165) is 31.6 Å². The molecule has 0 aliphatic carbocycles. The lowest BCUT2D eigenvalue weighted by molar-refractivity contribution is 0.318. The van der Waals surface area contributed by atoms with Gasteiger partial charge in [0.05, 0.1) is 11.1 Å². The van der Waals surface area contributed by atoms with Gasteiger partial charge >= 0.3 is 0 Å². The minimum atomic E-state index is -3.58. The minimum Gasteiger partial charge on any atom is -0.298 e. The highest BCUT2D eigenvalue weighted by atomic mass is 32.2. The maximum Gasteiger partial charge on any atom is 0.261 e. The van der Waals surface area contributed by atoms with Crippen molar-refractivity contribution in [1.82, 2.24) is 14.7 Å². The summed E-state index contributed by atoms with van der Waals surface area (Å²) in [5, 5.41) is 4.45. The van der Waals surface area contributed by atoms with Crippen LogP contribution >= 0.6 is 0 Å². The number of nitrogens with one attached hydrogen (secondary N) is 1. The summed E-state index contributed by atoms with van der Waals surface area (Å²) in [4.78, 5) is 2.48. The van der Waals surface area contributed by atoms with Crippen LogP contribution in [0.2, 0.25) is 0 Å². The van der Waals surface area contributed by atoms with Crippen LogP contribution in [-0.4, -0.2) is 30.1 Å². The standard InChI is InChI=1S/C21H24N4O2S/c1-24(16-18-14-22-25-12-6-11-21(18)25)15-17-7-5-8-19(13-17)23-28(26,27)20-9-3-2-4-10-20/h2-5,7-10,13-14,23H,6,11-12,15-16H2,1H3. The molecule has 28 heavy (non-hydrogen) atoms. The summed E-state index contributed by atoms with van der Waals surface area (Å²) in [6.45, 7) is 2.57. The summed E-state index contributed by atoms with van der Waals surface area (Å²) in [5.41, 5.74) is 4.25. The van der Waals surface area contributed by atoms with Gasteiger partial charge in [0.1, 0.15) is 0 Å². The molecule has 1 N–H and O–H groups in total. The summed E-state index contributed by atoms with van der Waals surface area (Å²) in [6.07, 6.45) is 4.23. The SMILES string of the molecule is CN(Cc1cccc(NS(=O)(=O)c2ccccc2)c1)Cc1cnn2c1CCC2. The van der Waals surface area contributed by atoms with Gasteiger partial charge < -0.3 is 0 Å². The average Bonchev–Trinajstić information content (AvgIpc) is 3.28. The van der Waals surface area contributed by atoms with Crippen molar-refractivity contribution in [2.75, 3.05) is 11.8 Å². The lowest BCUT2D eigenvalue weighted by Gasteiger charge is -2.17. The van der Waals surface area contributed by atoms with E-state index in [0.29, 0.717) is 5.69 Å². The number of anilines is 1. The predicted octanol–water partition coefficient (Wildman–Crippen LogP) is 3.26. The van der Waals surface area contributed by atoms with Gasteiger partial charge in [-0.15, -0.1) is 0 Å². The van der Waals surface area contributed by atoms with Crippen LogP contribution in [-0.2, 0) is 36.1 Å². The maximum absolute atomic E-state index is 12.5. The third-order valence-corrected chi connectivity index (χ3v) is 6.34.